The van der Waals surface area contributed by atoms with Crippen LogP contribution in [0, 0.1) is 11.8 Å². The Hall–Kier alpha value is -1.84. The van der Waals surface area contributed by atoms with E-state index in [4.69, 9.17) is 4.74 Å². The molecule has 0 spiro atoms. The normalized spacial score (nSPS) is 36.0. The molecule has 1 aliphatic carbocycles. The summed E-state index contributed by atoms with van der Waals surface area (Å²) in [6.45, 7) is 6.06. The number of fused-ring (bicyclic) bond motifs is 1. The fourth-order valence-corrected chi connectivity index (χ4v) is 3.46. The van der Waals surface area contributed by atoms with E-state index in [2.05, 4.69) is 19.1 Å². The maximum atomic E-state index is 11.9. The number of carboxylic acid groups (broad SMARTS) is 1. The van der Waals surface area contributed by atoms with Crippen LogP contribution in [0.1, 0.15) is 59.3 Å². The number of allylic oxidation sites excluding steroid dienone is 4. The van der Waals surface area contributed by atoms with Gasteiger partial charge in [-0.2, -0.15) is 0 Å². The summed E-state index contributed by atoms with van der Waals surface area (Å²) in [6, 6.07) is 0. The third kappa shape index (κ3) is 4.83. The number of hydrogen-bond acceptors (Lipinski definition) is 3. The molecule has 0 amide bonds. The summed E-state index contributed by atoms with van der Waals surface area (Å²) in [6.07, 6.45) is 10.5. The molecule has 2 rings (SSSR count). The number of hydrogen-bond donors (Lipinski definition) is 1. The van der Waals surface area contributed by atoms with E-state index in [1.165, 1.54) is 5.57 Å². The van der Waals surface area contributed by atoms with E-state index in [1.807, 2.05) is 19.9 Å². The van der Waals surface area contributed by atoms with Gasteiger partial charge < -0.3 is 9.84 Å². The summed E-state index contributed by atoms with van der Waals surface area (Å²) in [4.78, 5) is 23.3. The van der Waals surface area contributed by atoms with E-state index in [-0.39, 0.29) is 23.9 Å². The Morgan fingerprint density at radius 1 is 1.12 bits per heavy atom. The molecule has 1 aliphatic heterocycles. The van der Waals surface area contributed by atoms with Crippen LogP contribution < -0.4 is 0 Å². The first-order valence-corrected chi connectivity index (χ1v) is 8.84. The fourth-order valence-electron chi connectivity index (χ4n) is 3.46. The van der Waals surface area contributed by atoms with Crippen molar-refractivity contribution >= 4 is 11.9 Å². The Morgan fingerprint density at radius 3 is 2.54 bits per heavy atom. The van der Waals surface area contributed by atoms with Crippen LogP contribution in [-0.2, 0) is 14.3 Å². The van der Waals surface area contributed by atoms with Gasteiger partial charge in [0.1, 0.15) is 6.10 Å². The molecular formula is C20H28O4. The number of esters is 1. The minimum atomic E-state index is -0.826. The van der Waals surface area contributed by atoms with Gasteiger partial charge in [-0.05, 0) is 58.4 Å². The van der Waals surface area contributed by atoms with Gasteiger partial charge in [0.05, 0.1) is 5.92 Å². The molecule has 0 aromatic carbocycles. The summed E-state index contributed by atoms with van der Waals surface area (Å²) in [5.41, 5.74) is 2.89. The van der Waals surface area contributed by atoms with E-state index in [9.17, 15) is 14.7 Å². The maximum Gasteiger partial charge on any atom is 0.331 e. The van der Waals surface area contributed by atoms with Crippen LogP contribution in [0.15, 0.2) is 34.9 Å². The minimum Gasteiger partial charge on any atom is -0.478 e. The number of ether oxygens (including phenoxy) is 1. The summed E-state index contributed by atoms with van der Waals surface area (Å²) < 4.78 is 5.56. The molecule has 1 saturated heterocycles. The molecule has 132 valence electrons. The monoisotopic (exact) mass is 332 g/mol. The van der Waals surface area contributed by atoms with Gasteiger partial charge in [-0.15, -0.1) is 0 Å². The van der Waals surface area contributed by atoms with Crippen LogP contribution >= 0.6 is 0 Å². The molecular weight excluding hydrogens is 304 g/mol. The molecule has 1 unspecified atom stereocenters. The lowest BCUT2D eigenvalue weighted by Crippen LogP contribution is -2.18. The van der Waals surface area contributed by atoms with Crippen molar-refractivity contribution in [3.63, 3.8) is 0 Å². The van der Waals surface area contributed by atoms with E-state index in [0.717, 1.165) is 31.3 Å². The van der Waals surface area contributed by atoms with Gasteiger partial charge in [-0.25, -0.2) is 4.79 Å². The zero-order valence-electron chi connectivity index (χ0n) is 14.9. The van der Waals surface area contributed by atoms with Crippen molar-refractivity contribution in [2.75, 3.05) is 0 Å². The van der Waals surface area contributed by atoms with Crippen molar-refractivity contribution in [2.24, 2.45) is 11.8 Å². The Kier molecular flexibility index (Phi) is 6.41. The standard InChI is InChI=1S/C20H28O4/c1-13-6-4-8-16(19(21)22)9-5-7-14(2)12-18-17(11-10-13)15(3)20(23)24-18/h6,9,12,15,17-18H,4-5,7-8,10-11H2,1-3H3,(H,21,22)/b13-6+,14-12+,16-9-/t15?,17-,18+/m0/s1. The molecule has 1 N–H and O–H groups in total. The lowest BCUT2D eigenvalue weighted by molar-refractivity contribution is -0.142. The van der Waals surface area contributed by atoms with Gasteiger partial charge in [-0.1, -0.05) is 30.2 Å². The van der Waals surface area contributed by atoms with Gasteiger partial charge in [0.15, 0.2) is 0 Å². The van der Waals surface area contributed by atoms with E-state index in [0.29, 0.717) is 18.4 Å². The minimum absolute atomic E-state index is 0.0572. The average Bonchev–Trinajstić information content (AvgIpc) is 2.77. The van der Waals surface area contributed by atoms with E-state index in [1.54, 1.807) is 0 Å². The molecule has 1 fully saturated rings. The van der Waals surface area contributed by atoms with Gasteiger partial charge >= 0.3 is 11.9 Å². The third-order valence-corrected chi connectivity index (χ3v) is 5.12. The van der Waals surface area contributed by atoms with Crippen LogP contribution in [-0.4, -0.2) is 23.1 Å². The van der Waals surface area contributed by atoms with Crippen LogP contribution in [0.5, 0.6) is 0 Å². The number of rotatable bonds is 1. The smallest absolute Gasteiger partial charge is 0.331 e. The Morgan fingerprint density at radius 2 is 1.83 bits per heavy atom. The zero-order chi connectivity index (χ0) is 17.7. The first-order valence-electron chi connectivity index (χ1n) is 8.84. The van der Waals surface area contributed by atoms with Crippen LogP contribution in [0.25, 0.3) is 0 Å². The second-order valence-corrected chi connectivity index (χ2v) is 7.07. The molecule has 4 nitrogen and oxygen atoms in total. The van der Waals surface area contributed by atoms with Crippen LogP contribution in [0.2, 0.25) is 0 Å². The first-order chi connectivity index (χ1) is 11.4. The molecule has 0 radical (unpaired) electrons. The van der Waals surface area contributed by atoms with Gasteiger partial charge in [-0.3, -0.25) is 4.79 Å². The zero-order valence-corrected chi connectivity index (χ0v) is 14.9. The lowest BCUT2D eigenvalue weighted by Gasteiger charge is -2.18. The van der Waals surface area contributed by atoms with Crippen molar-refractivity contribution in [3.05, 3.63) is 34.9 Å². The Bertz CT molecular complexity index is 582. The quantitative estimate of drug-likeness (QED) is 0.570. The van der Waals surface area contributed by atoms with Crippen molar-refractivity contribution in [1.29, 1.82) is 0 Å². The van der Waals surface area contributed by atoms with Crippen LogP contribution in [0.4, 0.5) is 0 Å². The molecule has 3 atom stereocenters. The third-order valence-electron chi connectivity index (χ3n) is 5.12. The molecule has 0 saturated carbocycles. The second kappa shape index (κ2) is 8.32. The summed E-state index contributed by atoms with van der Waals surface area (Å²) in [5.74, 6) is -0.761. The van der Waals surface area contributed by atoms with E-state index < -0.39 is 5.97 Å². The molecule has 0 bridgehead atoms. The number of carboxylic acids is 1. The molecule has 24 heavy (non-hydrogen) atoms. The predicted octanol–water partition coefficient (Wildman–Crippen LogP) is 4.42. The van der Waals surface area contributed by atoms with Crippen molar-refractivity contribution < 1.29 is 19.4 Å². The van der Waals surface area contributed by atoms with Gasteiger partial charge in [0.25, 0.3) is 0 Å². The highest BCUT2D eigenvalue weighted by atomic mass is 16.6. The molecule has 2 aliphatic rings. The molecule has 0 aromatic rings. The second-order valence-electron chi connectivity index (χ2n) is 7.07. The fraction of sp³-hybridized carbons (Fsp3) is 0.600. The Labute approximate surface area is 144 Å². The molecule has 4 heteroatoms. The highest BCUT2D eigenvalue weighted by molar-refractivity contribution is 5.86. The van der Waals surface area contributed by atoms with Gasteiger partial charge in [0, 0.05) is 11.5 Å². The maximum absolute atomic E-state index is 11.9. The number of carbonyl (C=O) groups excluding carboxylic acids is 1. The molecule has 0 aromatic heterocycles. The lowest BCUT2D eigenvalue weighted by atomic mass is 9.85. The SMILES string of the molecule is C/C1=C\[C@H]2OC(=O)C(C)[C@@H]2CC/C(C)=C/CC/C(C(=O)O)=C/CC1. The number of aliphatic carboxylic acids is 1. The average molecular weight is 332 g/mol. The summed E-state index contributed by atoms with van der Waals surface area (Å²) >= 11 is 0. The Balaban J connectivity index is 2.21. The van der Waals surface area contributed by atoms with E-state index >= 15 is 0 Å². The van der Waals surface area contributed by atoms with Crippen molar-refractivity contribution in [2.45, 2.75) is 65.4 Å². The topological polar surface area (TPSA) is 63.6 Å². The highest BCUT2D eigenvalue weighted by Gasteiger charge is 2.40. The first kappa shape index (κ1) is 18.5. The van der Waals surface area contributed by atoms with Crippen molar-refractivity contribution in [3.8, 4) is 0 Å². The van der Waals surface area contributed by atoms with Gasteiger partial charge in [0.2, 0.25) is 0 Å². The summed E-state index contributed by atoms with van der Waals surface area (Å²) in [7, 11) is 0. The highest BCUT2D eigenvalue weighted by Crippen LogP contribution is 2.34. The van der Waals surface area contributed by atoms with Crippen LogP contribution in [0.3, 0.4) is 0 Å². The molecule has 1 heterocycles. The predicted molar refractivity (Wildman–Crippen MR) is 93.5 cm³/mol. The summed E-state index contributed by atoms with van der Waals surface area (Å²) in [5, 5.41) is 9.30. The number of carbonyl (C=O) groups is 2. The van der Waals surface area contributed by atoms with Crippen molar-refractivity contribution in [1.82, 2.24) is 0 Å². The largest absolute Gasteiger partial charge is 0.478 e.